The van der Waals surface area contributed by atoms with Gasteiger partial charge in [0.2, 0.25) is 6.29 Å². The molecule has 4 aromatic carbocycles. The molecule has 2 aliphatic rings. The number of aldehydes is 1. The summed E-state index contributed by atoms with van der Waals surface area (Å²) in [6, 6.07) is 14.2. The van der Waals surface area contributed by atoms with Gasteiger partial charge in [0.15, 0.2) is 17.9 Å². The molecule has 1 aliphatic carbocycles. The minimum Gasteiger partial charge on any atom is -0.507 e. The average molecular weight is 769 g/mol. The summed E-state index contributed by atoms with van der Waals surface area (Å²) in [5.41, 5.74) is 0.524. The second-order valence-corrected chi connectivity index (χ2v) is 13.5. The number of hydrogen-bond donors (Lipinski definition) is 7. The molecule has 1 saturated heterocycles. The lowest BCUT2D eigenvalue weighted by Crippen LogP contribution is -2.58. The van der Waals surface area contributed by atoms with Crippen molar-refractivity contribution in [2.75, 3.05) is 6.61 Å². The smallest absolute Gasteiger partial charge is 0.308 e. The lowest BCUT2D eigenvalue weighted by molar-refractivity contribution is -0.268. The van der Waals surface area contributed by atoms with Crippen molar-refractivity contribution in [2.24, 2.45) is 0 Å². The summed E-state index contributed by atoms with van der Waals surface area (Å²) >= 11 is 0. The molecule has 1 fully saturated rings. The molecule has 6 rings (SSSR count). The molecule has 14 nitrogen and oxygen atoms in total. The van der Waals surface area contributed by atoms with Crippen LogP contribution in [-0.4, -0.2) is 96.9 Å². The number of carbonyl (C=O) groups excluding carboxylic acids is 4. The van der Waals surface area contributed by atoms with E-state index in [-0.39, 0.29) is 74.6 Å². The van der Waals surface area contributed by atoms with Crippen LogP contribution in [-0.2, 0) is 35.6 Å². The predicted octanol–water partition coefficient (Wildman–Crippen LogP) is 2.39. The third-order valence-electron chi connectivity index (χ3n) is 9.91. The Labute approximate surface area is 320 Å². The predicted molar refractivity (Wildman–Crippen MR) is 198 cm³/mol. The standard InChI is InChI=1S/C42H40O14/c1-20-36(48)40(52)41(53)42(54-20)56-32-16-29-35(37(49)28(32)14-24-7-4-8-25(17-44)30(24)19-46)39(51)33-26(18-45)15-31(55-21(2)47)27(34(33)38(29)50)10-9-22-5-3-6-23(13-22)11-12-43/h3-10,13,15-16,19-20,36,40-45,48-49,52-53H,11-12,14,17-18H2,1-2H3/b10-9+/t20-,36+,40+,41+,42+/m0/s1. The molecule has 56 heavy (non-hydrogen) atoms. The Hall–Kier alpha value is -5.58. The van der Waals surface area contributed by atoms with Gasteiger partial charge in [0.25, 0.3) is 0 Å². The van der Waals surface area contributed by atoms with Crippen molar-refractivity contribution in [3.8, 4) is 17.2 Å². The maximum atomic E-state index is 14.8. The fourth-order valence-electron chi connectivity index (χ4n) is 7.08. The van der Waals surface area contributed by atoms with E-state index < -0.39 is 72.8 Å². The molecule has 292 valence electrons. The number of ketones is 2. The first kappa shape index (κ1) is 40.1. The number of esters is 1. The van der Waals surface area contributed by atoms with Gasteiger partial charge < -0.3 is 50.0 Å². The van der Waals surface area contributed by atoms with Gasteiger partial charge in [-0.25, -0.2) is 0 Å². The number of phenolic OH excluding ortho intramolecular Hbond substituents is 1. The van der Waals surface area contributed by atoms with Crippen molar-refractivity contribution in [3.05, 3.63) is 121 Å². The van der Waals surface area contributed by atoms with Gasteiger partial charge in [-0.3, -0.25) is 19.2 Å². The van der Waals surface area contributed by atoms with E-state index in [9.17, 15) is 54.9 Å². The number of phenols is 1. The molecule has 5 atom stereocenters. The Balaban J connectivity index is 1.57. The number of aliphatic hydroxyl groups excluding tert-OH is 6. The second kappa shape index (κ2) is 16.6. The molecule has 0 amide bonds. The van der Waals surface area contributed by atoms with Gasteiger partial charge in [0, 0.05) is 53.3 Å². The van der Waals surface area contributed by atoms with Gasteiger partial charge in [-0.05, 0) is 59.4 Å². The summed E-state index contributed by atoms with van der Waals surface area (Å²) < 4.78 is 17.2. The van der Waals surface area contributed by atoms with Crippen LogP contribution in [0.25, 0.3) is 12.2 Å². The largest absolute Gasteiger partial charge is 0.507 e. The van der Waals surface area contributed by atoms with E-state index in [4.69, 9.17) is 14.2 Å². The fraction of sp³-hybridized carbons (Fsp3) is 0.286. The maximum absolute atomic E-state index is 14.8. The number of hydrogen-bond acceptors (Lipinski definition) is 14. The summed E-state index contributed by atoms with van der Waals surface area (Å²) in [4.78, 5) is 53.8. The quantitative estimate of drug-likeness (QED) is 0.0418. The molecule has 0 radical (unpaired) electrons. The molecule has 7 N–H and O–H groups in total. The van der Waals surface area contributed by atoms with E-state index in [1.165, 1.54) is 25.1 Å². The molecule has 1 heterocycles. The summed E-state index contributed by atoms with van der Waals surface area (Å²) in [6.45, 7) is 1.22. The molecule has 4 aromatic rings. The zero-order chi connectivity index (χ0) is 40.4. The number of fused-ring (bicyclic) bond motifs is 2. The summed E-state index contributed by atoms with van der Waals surface area (Å²) in [7, 11) is 0. The van der Waals surface area contributed by atoms with Crippen LogP contribution in [0, 0.1) is 0 Å². The van der Waals surface area contributed by atoms with E-state index in [1.807, 2.05) is 6.07 Å². The first-order valence-electron chi connectivity index (χ1n) is 17.7. The number of carbonyl (C=O) groups is 4. The lowest BCUT2D eigenvalue weighted by atomic mass is 9.77. The average Bonchev–Trinajstić information content (AvgIpc) is 3.18. The Morgan fingerprint density at radius 2 is 1.52 bits per heavy atom. The van der Waals surface area contributed by atoms with Gasteiger partial charge in [-0.1, -0.05) is 48.5 Å². The number of ether oxygens (including phenoxy) is 3. The van der Waals surface area contributed by atoms with Crippen molar-refractivity contribution in [2.45, 2.75) is 70.6 Å². The highest BCUT2D eigenvalue weighted by Gasteiger charge is 2.44. The van der Waals surface area contributed by atoms with Gasteiger partial charge in [-0.2, -0.15) is 0 Å². The maximum Gasteiger partial charge on any atom is 0.308 e. The molecular formula is C42H40O14. The van der Waals surface area contributed by atoms with Gasteiger partial charge in [0.05, 0.1) is 24.9 Å². The third-order valence-corrected chi connectivity index (χ3v) is 9.91. The summed E-state index contributed by atoms with van der Waals surface area (Å²) in [5.74, 6) is -3.66. The highest BCUT2D eigenvalue weighted by Crippen LogP contribution is 2.45. The van der Waals surface area contributed by atoms with Crippen molar-refractivity contribution >= 4 is 36.0 Å². The van der Waals surface area contributed by atoms with Crippen molar-refractivity contribution in [3.63, 3.8) is 0 Å². The summed E-state index contributed by atoms with van der Waals surface area (Å²) in [6.07, 6.45) is -4.06. The number of benzene rings is 4. The molecule has 0 unspecified atom stereocenters. The normalized spacial score (nSPS) is 20.5. The van der Waals surface area contributed by atoms with E-state index in [0.717, 1.165) is 18.6 Å². The van der Waals surface area contributed by atoms with Crippen LogP contribution >= 0.6 is 0 Å². The monoisotopic (exact) mass is 768 g/mol. The Morgan fingerprint density at radius 3 is 2.20 bits per heavy atom. The van der Waals surface area contributed by atoms with Crippen LogP contribution in [0.1, 0.15) is 95.0 Å². The van der Waals surface area contributed by atoms with Crippen LogP contribution < -0.4 is 9.47 Å². The molecule has 0 spiro atoms. The van der Waals surface area contributed by atoms with Crippen molar-refractivity contribution in [1.29, 1.82) is 0 Å². The molecule has 14 heteroatoms. The second-order valence-electron chi connectivity index (χ2n) is 13.5. The topological polar surface area (TPSA) is 238 Å². The molecule has 0 aromatic heterocycles. The third kappa shape index (κ3) is 7.51. The van der Waals surface area contributed by atoms with E-state index >= 15 is 0 Å². The minimum absolute atomic E-state index is 0.00316. The molecule has 0 saturated carbocycles. The van der Waals surface area contributed by atoms with E-state index in [0.29, 0.717) is 18.3 Å². The lowest BCUT2D eigenvalue weighted by Gasteiger charge is -2.39. The van der Waals surface area contributed by atoms with Crippen LogP contribution in [0.15, 0.2) is 54.6 Å². The van der Waals surface area contributed by atoms with E-state index in [2.05, 4.69) is 0 Å². The zero-order valence-electron chi connectivity index (χ0n) is 30.3. The van der Waals surface area contributed by atoms with Crippen molar-refractivity contribution < 1.29 is 69.1 Å². The molecule has 1 aliphatic heterocycles. The minimum atomic E-state index is -1.82. The Morgan fingerprint density at radius 1 is 0.804 bits per heavy atom. The Kier molecular flexibility index (Phi) is 11.9. The fourth-order valence-corrected chi connectivity index (χ4v) is 7.08. The summed E-state index contributed by atoms with van der Waals surface area (Å²) in [5, 5.41) is 73.4. The van der Waals surface area contributed by atoms with Crippen molar-refractivity contribution in [1.82, 2.24) is 0 Å². The SMILES string of the molecule is CC(=O)Oc1cc(CO)c2c(c1/C=C/c1cccc(CCO)c1)C(=O)c1cc(O[C@H]3O[C@@H](C)[C@@H](O)[C@@H](O)[C@H]3O)c(Cc3cccc(CO)c3C=O)c(O)c1C2=O. The van der Waals surface area contributed by atoms with Crippen LogP contribution in [0.2, 0.25) is 0 Å². The van der Waals surface area contributed by atoms with Gasteiger partial charge in [-0.15, -0.1) is 0 Å². The number of aromatic hydroxyl groups is 1. The molecule has 0 bridgehead atoms. The van der Waals surface area contributed by atoms with E-state index in [1.54, 1.807) is 36.4 Å². The van der Waals surface area contributed by atoms with Crippen LogP contribution in [0.5, 0.6) is 17.2 Å². The number of aliphatic hydroxyl groups is 6. The first-order chi connectivity index (χ1) is 26.8. The molecular weight excluding hydrogens is 728 g/mol. The van der Waals surface area contributed by atoms with Gasteiger partial charge in [0.1, 0.15) is 35.6 Å². The zero-order valence-corrected chi connectivity index (χ0v) is 30.3. The van der Waals surface area contributed by atoms with Crippen LogP contribution in [0.4, 0.5) is 0 Å². The highest BCUT2D eigenvalue weighted by molar-refractivity contribution is 6.31. The Bertz CT molecular complexity index is 2240. The van der Waals surface area contributed by atoms with Crippen LogP contribution in [0.3, 0.4) is 0 Å². The highest BCUT2D eigenvalue weighted by atomic mass is 16.7. The number of rotatable bonds is 12. The first-order valence-corrected chi connectivity index (χ1v) is 17.7. The van der Waals surface area contributed by atoms with Gasteiger partial charge >= 0.3 is 5.97 Å².